The lowest BCUT2D eigenvalue weighted by Gasteiger charge is -2.08. The summed E-state index contributed by atoms with van der Waals surface area (Å²) in [5, 5.41) is 5.13. The predicted octanol–water partition coefficient (Wildman–Crippen LogP) is 2.42. The Balaban J connectivity index is 1.94. The molecule has 122 valence electrons. The van der Waals surface area contributed by atoms with Gasteiger partial charge >= 0.3 is 0 Å². The molecule has 0 aromatic heterocycles. The van der Waals surface area contributed by atoms with Crippen molar-refractivity contribution in [3.63, 3.8) is 0 Å². The minimum Gasteiger partial charge on any atom is -0.376 e. The fourth-order valence-electron chi connectivity index (χ4n) is 1.83. The third-order valence-corrected chi connectivity index (χ3v) is 4.01. The van der Waals surface area contributed by atoms with Gasteiger partial charge in [-0.05, 0) is 36.4 Å². The van der Waals surface area contributed by atoms with Crippen molar-refractivity contribution >= 4 is 27.1 Å². The summed E-state index contributed by atoms with van der Waals surface area (Å²) in [6.45, 7) is -0.198. The van der Waals surface area contributed by atoms with Crippen molar-refractivity contribution in [3.05, 3.63) is 54.1 Å². The van der Waals surface area contributed by atoms with E-state index < -0.39 is 27.4 Å². The van der Waals surface area contributed by atoms with E-state index >= 15 is 0 Å². The maximum absolute atomic E-state index is 13.0. The standard InChI is InChI=1S/C15H14F2N2O3S/c1-23(21,22)14-4-2-12(3-5-14)19-15(20)9-18-13-7-10(16)6-11(17)8-13/h2-8,18H,9H2,1H3,(H,19,20). The van der Waals surface area contributed by atoms with E-state index in [1.54, 1.807) is 0 Å². The zero-order chi connectivity index (χ0) is 17.0. The third-order valence-electron chi connectivity index (χ3n) is 2.88. The molecule has 0 heterocycles. The fourth-order valence-corrected chi connectivity index (χ4v) is 2.46. The Hall–Kier alpha value is -2.48. The molecule has 8 heteroatoms. The van der Waals surface area contributed by atoms with Crippen LogP contribution in [0.1, 0.15) is 0 Å². The molecule has 0 aliphatic carbocycles. The van der Waals surface area contributed by atoms with Crippen LogP contribution in [0.25, 0.3) is 0 Å². The van der Waals surface area contributed by atoms with Crippen LogP contribution in [0.15, 0.2) is 47.4 Å². The van der Waals surface area contributed by atoms with Crippen LogP contribution in [-0.4, -0.2) is 27.1 Å². The number of halogens is 2. The van der Waals surface area contributed by atoms with Crippen molar-refractivity contribution in [2.45, 2.75) is 4.90 Å². The molecule has 0 saturated carbocycles. The molecular formula is C15H14F2N2O3S. The Morgan fingerprint density at radius 2 is 1.57 bits per heavy atom. The second-order valence-corrected chi connectivity index (χ2v) is 6.87. The first-order valence-corrected chi connectivity index (χ1v) is 8.43. The molecule has 2 N–H and O–H groups in total. The average Bonchev–Trinajstić information content (AvgIpc) is 2.44. The van der Waals surface area contributed by atoms with Gasteiger partial charge in [0.2, 0.25) is 5.91 Å². The molecule has 0 unspecified atom stereocenters. The SMILES string of the molecule is CS(=O)(=O)c1ccc(NC(=O)CNc2cc(F)cc(F)c2)cc1. The Bertz CT molecular complexity index is 801. The Morgan fingerprint density at radius 3 is 2.09 bits per heavy atom. The number of benzene rings is 2. The van der Waals surface area contributed by atoms with E-state index in [0.717, 1.165) is 24.5 Å². The van der Waals surface area contributed by atoms with E-state index in [4.69, 9.17) is 0 Å². The number of hydrogen-bond acceptors (Lipinski definition) is 4. The van der Waals surface area contributed by atoms with Crippen LogP contribution in [0.3, 0.4) is 0 Å². The van der Waals surface area contributed by atoms with Crippen LogP contribution in [0, 0.1) is 11.6 Å². The molecule has 0 radical (unpaired) electrons. The Kier molecular flexibility index (Phi) is 4.95. The van der Waals surface area contributed by atoms with Gasteiger partial charge < -0.3 is 10.6 Å². The summed E-state index contributed by atoms with van der Waals surface area (Å²) in [5.41, 5.74) is 0.555. The fraction of sp³-hybridized carbons (Fsp3) is 0.133. The molecular weight excluding hydrogens is 326 g/mol. The number of nitrogens with one attached hydrogen (secondary N) is 2. The lowest BCUT2D eigenvalue weighted by Crippen LogP contribution is -2.21. The molecule has 0 fully saturated rings. The van der Waals surface area contributed by atoms with E-state index in [9.17, 15) is 22.0 Å². The maximum Gasteiger partial charge on any atom is 0.243 e. The normalized spacial score (nSPS) is 11.1. The van der Waals surface area contributed by atoms with Gasteiger partial charge in [-0.15, -0.1) is 0 Å². The van der Waals surface area contributed by atoms with Crippen molar-refractivity contribution in [1.29, 1.82) is 0 Å². The van der Waals surface area contributed by atoms with Crippen LogP contribution in [0.4, 0.5) is 20.2 Å². The Labute approximate surface area is 132 Å². The molecule has 0 spiro atoms. The van der Waals surface area contributed by atoms with Crippen molar-refractivity contribution in [1.82, 2.24) is 0 Å². The van der Waals surface area contributed by atoms with Gasteiger partial charge in [-0.25, -0.2) is 17.2 Å². The van der Waals surface area contributed by atoms with Crippen LogP contribution in [0.5, 0.6) is 0 Å². The lowest BCUT2D eigenvalue weighted by atomic mass is 10.3. The van der Waals surface area contributed by atoms with Crippen molar-refractivity contribution in [2.24, 2.45) is 0 Å². The summed E-state index contributed by atoms with van der Waals surface area (Å²) in [6.07, 6.45) is 1.09. The molecule has 0 atom stereocenters. The van der Waals surface area contributed by atoms with E-state index in [-0.39, 0.29) is 17.1 Å². The quantitative estimate of drug-likeness (QED) is 0.876. The van der Waals surface area contributed by atoms with Gasteiger partial charge in [0.05, 0.1) is 11.4 Å². The van der Waals surface area contributed by atoms with Gasteiger partial charge in [0, 0.05) is 23.7 Å². The summed E-state index contributed by atoms with van der Waals surface area (Å²) >= 11 is 0. The maximum atomic E-state index is 13.0. The molecule has 5 nitrogen and oxygen atoms in total. The molecule has 1 amide bonds. The monoisotopic (exact) mass is 340 g/mol. The van der Waals surface area contributed by atoms with E-state index in [1.165, 1.54) is 24.3 Å². The third kappa shape index (κ3) is 5.03. The van der Waals surface area contributed by atoms with E-state index in [1.807, 2.05) is 0 Å². The van der Waals surface area contributed by atoms with Crippen molar-refractivity contribution in [3.8, 4) is 0 Å². The van der Waals surface area contributed by atoms with Crippen molar-refractivity contribution in [2.75, 3.05) is 23.4 Å². The van der Waals surface area contributed by atoms with E-state index in [0.29, 0.717) is 5.69 Å². The summed E-state index contributed by atoms with van der Waals surface area (Å²) in [6, 6.07) is 8.52. The smallest absolute Gasteiger partial charge is 0.243 e. The number of anilines is 2. The highest BCUT2D eigenvalue weighted by atomic mass is 32.2. The summed E-state index contributed by atoms with van der Waals surface area (Å²) in [4.78, 5) is 11.9. The molecule has 0 bridgehead atoms. The number of amides is 1. The van der Waals surface area contributed by atoms with Crippen LogP contribution >= 0.6 is 0 Å². The minimum atomic E-state index is -3.30. The number of carbonyl (C=O) groups is 1. The lowest BCUT2D eigenvalue weighted by molar-refractivity contribution is -0.114. The first kappa shape index (κ1) is 16.9. The topological polar surface area (TPSA) is 75.3 Å². The van der Waals surface area contributed by atoms with Gasteiger partial charge in [0.25, 0.3) is 0 Å². The summed E-state index contributed by atoms with van der Waals surface area (Å²) in [5.74, 6) is -1.93. The highest BCUT2D eigenvalue weighted by Gasteiger charge is 2.08. The highest BCUT2D eigenvalue weighted by Crippen LogP contribution is 2.15. The Morgan fingerprint density at radius 1 is 1.00 bits per heavy atom. The van der Waals surface area contributed by atoms with Crippen LogP contribution < -0.4 is 10.6 Å². The summed E-state index contributed by atoms with van der Waals surface area (Å²) < 4.78 is 48.7. The molecule has 0 saturated heterocycles. The highest BCUT2D eigenvalue weighted by molar-refractivity contribution is 7.90. The number of carbonyl (C=O) groups excluding carboxylic acids is 1. The summed E-state index contributed by atoms with van der Waals surface area (Å²) in [7, 11) is -3.30. The van der Waals surface area contributed by atoms with Crippen molar-refractivity contribution < 1.29 is 22.0 Å². The molecule has 0 aliphatic rings. The van der Waals surface area contributed by atoms with Gasteiger partial charge in [-0.2, -0.15) is 0 Å². The molecule has 2 aromatic rings. The van der Waals surface area contributed by atoms with Gasteiger partial charge in [0.1, 0.15) is 11.6 Å². The molecule has 0 aliphatic heterocycles. The van der Waals surface area contributed by atoms with Gasteiger partial charge in [-0.3, -0.25) is 4.79 Å². The molecule has 2 rings (SSSR count). The minimum absolute atomic E-state index is 0.142. The number of hydrogen-bond donors (Lipinski definition) is 2. The predicted molar refractivity (Wildman–Crippen MR) is 83.0 cm³/mol. The van der Waals surface area contributed by atoms with Gasteiger partial charge in [-0.1, -0.05) is 0 Å². The second kappa shape index (κ2) is 6.74. The molecule has 2 aromatic carbocycles. The zero-order valence-electron chi connectivity index (χ0n) is 12.1. The largest absolute Gasteiger partial charge is 0.376 e. The second-order valence-electron chi connectivity index (χ2n) is 4.86. The number of sulfone groups is 1. The zero-order valence-corrected chi connectivity index (χ0v) is 13.0. The van der Waals surface area contributed by atoms with Gasteiger partial charge in [0.15, 0.2) is 9.84 Å². The van der Waals surface area contributed by atoms with E-state index in [2.05, 4.69) is 10.6 Å². The first-order chi connectivity index (χ1) is 10.7. The van der Waals surface area contributed by atoms with Crippen LogP contribution in [-0.2, 0) is 14.6 Å². The van der Waals surface area contributed by atoms with Crippen LogP contribution in [0.2, 0.25) is 0 Å². The number of rotatable bonds is 5. The average molecular weight is 340 g/mol. The molecule has 23 heavy (non-hydrogen) atoms. The first-order valence-electron chi connectivity index (χ1n) is 6.54.